The quantitative estimate of drug-likeness (QED) is 0.743. The summed E-state index contributed by atoms with van der Waals surface area (Å²) in [5.41, 5.74) is 1.11. The van der Waals surface area contributed by atoms with Crippen molar-refractivity contribution in [3.05, 3.63) is 28.2 Å². The first-order valence-corrected chi connectivity index (χ1v) is 5.64. The van der Waals surface area contributed by atoms with Crippen molar-refractivity contribution >= 4 is 27.5 Å². The fourth-order valence-corrected chi connectivity index (χ4v) is 1.64. The summed E-state index contributed by atoms with van der Waals surface area (Å²) in [7, 11) is 0. The lowest BCUT2D eigenvalue weighted by Crippen LogP contribution is -1.93. The topological polar surface area (TPSA) is 9.23 Å². The average Bonchev–Trinajstić information content (AvgIpc) is 2.19. The fourth-order valence-electron chi connectivity index (χ4n) is 1.14. The van der Waals surface area contributed by atoms with Crippen molar-refractivity contribution < 1.29 is 9.13 Å². The maximum absolute atomic E-state index is 12.0. The van der Waals surface area contributed by atoms with E-state index in [2.05, 4.69) is 15.9 Å². The predicted molar refractivity (Wildman–Crippen MR) is 59.8 cm³/mol. The van der Waals surface area contributed by atoms with Crippen LogP contribution in [-0.2, 0) is 6.42 Å². The Morgan fingerprint density at radius 3 is 2.86 bits per heavy atom. The van der Waals surface area contributed by atoms with Crippen LogP contribution in [0.2, 0.25) is 0 Å². The molecule has 1 aromatic carbocycles. The molecule has 0 bridgehead atoms. The summed E-state index contributed by atoms with van der Waals surface area (Å²) in [5.74, 6) is 1.18. The fraction of sp³-hybridized carbons (Fsp3) is 0.400. The van der Waals surface area contributed by atoms with Crippen molar-refractivity contribution in [3.63, 3.8) is 0 Å². The third-order valence-electron chi connectivity index (χ3n) is 1.80. The van der Waals surface area contributed by atoms with E-state index >= 15 is 0 Å². The minimum Gasteiger partial charge on any atom is -0.462 e. The highest BCUT2D eigenvalue weighted by Gasteiger charge is 2.02. The molecule has 0 atom stereocenters. The number of halogens is 3. The maximum Gasteiger partial charge on any atom is 0.228 e. The highest BCUT2D eigenvalue weighted by atomic mass is 79.9. The van der Waals surface area contributed by atoms with Crippen LogP contribution < -0.4 is 4.74 Å². The van der Waals surface area contributed by atoms with Crippen LogP contribution in [-0.4, -0.2) is 12.7 Å². The summed E-state index contributed by atoms with van der Waals surface area (Å²) in [6, 6.07) is 5.66. The number of ether oxygens (including phenoxy) is 1. The van der Waals surface area contributed by atoms with Gasteiger partial charge in [0.25, 0.3) is 0 Å². The van der Waals surface area contributed by atoms with Crippen LogP contribution >= 0.6 is 27.5 Å². The van der Waals surface area contributed by atoms with E-state index in [4.69, 9.17) is 16.3 Å². The van der Waals surface area contributed by atoms with Crippen LogP contribution in [0.25, 0.3) is 0 Å². The molecule has 0 N–H and O–H groups in total. The zero-order chi connectivity index (χ0) is 10.4. The van der Waals surface area contributed by atoms with E-state index in [0.29, 0.717) is 11.6 Å². The summed E-state index contributed by atoms with van der Waals surface area (Å²) in [6.07, 6.45) is 1.80. The van der Waals surface area contributed by atoms with E-state index in [0.717, 1.165) is 22.9 Å². The Bertz CT molecular complexity index is 293. The molecule has 0 unspecified atom stereocenters. The smallest absolute Gasteiger partial charge is 0.228 e. The van der Waals surface area contributed by atoms with Crippen molar-refractivity contribution in [2.75, 3.05) is 12.7 Å². The van der Waals surface area contributed by atoms with E-state index in [1.165, 1.54) is 0 Å². The summed E-state index contributed by atoms with van der Waals surface area (Å²) >= 11 is 8.87. The lowest BCUT2D eigenvalue weighted by atomic mass is 10.1. The van der Waals surface area contributed by atoms with E-state index in [1.807, 2.05) is 18.2 Å². The first-order chi connectivity index (χ1) is 6.77. The summed E-state index contributed by atoms with van der Waals surface area (Å²) in [6.45, 7) is -0.808. The molecule has 1 nitrogen and oxygen atoms in total. The van der Waals surface area contributed by atoms with Crippen LogP contribution in [0.4, 0.5) is 4.39 Å². The van der Waals surface area contributed by atoms with Crippen LogP contribution in [0.5, 0.6) is 5.75 Å². The lowest BCUT2D eigenvalue weighted by molar-refractivity contribution is 0.190. The average molecular weight is 282 g/mol. The molecule has 0 aliphatic rings. The number of aryl methyl sites for hydroxylation is 1. The largest absolute Gasteiger partial charge is 0.462 e. The van der Waals surface area contributed by atoms with E-state index < -0.39 is 6.86 Å². The molecule has 78 valence electrons. The predicted octanol–water partition coefficient (Wildman–Crippen LogP) is 3.93. The number of benzene rings is 1. The second kappa shape index (κ2) is 6.25. The molecule has 0 fully saturated rings. The van der Waals surface area contributed by atoms with Crippen molar-refractivity contribution in [3.8, 4) is 5.75 Å². The van der Waals surface area contributed by atoms with Gasteiger partial charge >= 0.3 is 0 Å². The van der Waals surface area contributed by atoms with Crippen molar-refractivity contribution in [2.45, 2.75) is 12.8 Å². The minimum atomic E-state index is -0.808. The first kappa shape index (κ1) is 11.8. The van der Waals surface area contributed by atoms with Crippen LogP contribution in [0.1, 0.15) is 12.0 Å². The monoisotopic (exact) mass is 280 g/mol. The highest BCUT2D eigenvalue weighted by molar-refractivity contribution is 9.10. The molecule has 0 amide bonds. The molecule has 0 aliphatic carbocycles. The van der Waals surface area contributed by atoms with E-state index in [-0.39, 0.29) is 0 Å². The molecule has 0 aliphatic heterocycles. The molecule has 0 aromatic heterocycles. The molecule has 0 heterocycles. The zero-order valence-corrected chi connectivity index (χ0v) is 9.94. The number of hydrogen-bond donors (Lipinski definition) is 0. The SMILES string of the molecule is FCOc1cc(CCCCl)ccc1Br. The number of rotatable bonds is 5. The standard InChI is InChI=1S/C10H11BrClFO/c11-9-4-3-8(2-1-5-12)6-10(9)14-7-13/h3-4,6H,1-2,5,7H2. The molecule has 0 saturated heterocycles. The van der Waals surface area contributed by atoms with Crippen molar-refractivity contribution in [1.82, 2.24) is 0 Å². The Kier molecular flexibility index (Phi) is 5.26. The van der Waals surface area contributed by atoms with Crippen LogP contribution in [0.15, 0.2) is 22.7 Å². The Balaban J connectivity index is 2.72. The van der Waals surface area contributed by atoms with Crippen LogP contribution in [0, 0.1) is 0 Å². The van der Waals surface area contributed by atoms with Gasteiger partial charge in [0, 0.05) is 5.88 Å². The summed E-state index contributed by atoms with van der Waals surface area (Å²) < 4.78 is 17.6. The molecule has 0 spiro atoms. The van der Waals surface area contributed by atoms with Crippen molar-refractivity contribution in [1.29, 1.82) is 0 Å². The lowest BCUT2D eigenvalue weighted by Gasteiger charge is -2.06. The van der Waals surface area contributed by atoms with Gasteiger partial charge in [-0.3, -0.25) is 0 Å². The van der Waals surface area contributed by atoms with Gasteiger partial charge in [0.1, 0.15) is 5.75 Å². The van der Waals surface area contributed by atoms with Gasteiger partial charge in [0.05, 0.1) is 4.47 Å². The Morgan fingerprint density at radius 2 is 2.21 bits per heavy atom. The van der Waals surface area contributed by atoms with Gasteiger partial charge < -0.3 is 4.74 Å². The first-order valence-electron chi connectivity index (χ1n) is 4.31. The normalized spacial score (nSPS) is 10.2. The zero-order valence-electron chi connectivity index (χ0n) is 7.60. The summed E-state index contributed by atoms with van der Waals surface area (Å²) in [4.78, 5) is 0. The van der Waals surface area contributed by atoms with Gasteiger partial charge in [-0.1, -0.05) is 6.07 Å². The van der Waals surface area contributed by atoms with E-state index in [1.54, 1.807) is 0 Å². The maximum atomic E-state index is 12.0. The van der Waals surface area contributed by atoms with Gasteiger partial charge in [-0.25, -0.2) is 4.39 Å². The molecular weight excluding hydrogens is 270 g/mol. The van der Waals surface area contributed by atoms with Crippen LogP contribution in [0.3, 0.4) is 0 Å². The summed E-state index contributed by atoms with van der Waals surface area (Å²) in [5, 5.41) is 0. The molecule has 1 aromatic rings. The molecule has 1 rings (SSSR count). The molecule has 4 heteroatoms. The second-order valence-corrected chi connectivity index (χ2v) is 4.04. The van der Waals surface area contributed by atoms with Gasteiger partial charge in [-0.15, -0.1) is 11.6 Å². The van der Waals surface area contributed by atoms with Gasteiger partial charge in [0.15, 0.2) is 0 Å². The second-order valence-electron chi connectivity index (χ2n) is 2.81. The third kappa shape index (κ3) is 3.46. The van der Waals surface area contributed by atoms with Gasteiger partial charge in [-0.2, -0.15) is 0 Å². The highest BCUT2D eigenvalue weighted by Crippen LogP contribution is 2.26. The Hall–Kier alpha value is -0.280. The third-order valence-corrected chi connectivity index (χ3v) is 2.73. The van der Waals surface area contributed by atoms with E-state index in [9.17, 15) is 4.39 Å². The molecule has 0 radical (unpaired) electrons. The van der Waals surface area contributed by atoms with Gasteiger partial charge in [-0.05, 0) is 46.5 Å². The Labute approximate surface area is 96.3 Å². The van der Waals surface area contributed by atoms with Crippen molar-refractivity contribution in [2.24, 2.45) is 0 Å². The number of alkyl halides is 2. The Morgan fingerprint density at radius 1 is 1.43 bits per heavy atom. The number of hydrogen-bond acceptors (Lipinski definition) is 1. The minimum absolute atomic E-state index is 0.541. The molecular formula is C10H11BrClFO. The molecule has 0 saturated carbocycles. The molecule has 14 heavy (non-hydrogen) atoms. The van der Waals surface area contributed by atoms with Gasteiger partial charge in [0.2, 0.25) is 6.86 Å².